The molecule has 0 amide bonds. The van der Waals surface area contributed by atoms with E-state index in [0.717, 1.165) is 5.52 Å². The molecule has 0 aliphatic heterocycles. The lowest BCUT2D eigenvalue weighted by molar-refractivity contribution is 0.112. The standard InChI is InChI=1S/C8H6IN2O2P/c9-14-11-3-5-6(4-12)8(13)2-1-7(5)10-11/h1-4,13-14H. The minimum atomic E-state index is 0.00356. The first kappa shape index (κ1) is 9.86. The number of rotatable bonds is 2. The first-order valence-electron chi connectivity index (χ1n) is 3.79. The highest BCUT2D eigenvalue weighted by atomic mass is 127. The Kier molecular flexibility index (Phi) is 2.69. The van der Waals surface area contributed by atoms with Crippen LogP contribution in [0, 0.1) is 0 Å². The summed E-state index contributed by atoms with van der Waals surface area (Å²) in [4.78, 5) is 10.7. The number of carbonyl (C=O) groups excluding carboxylic acids is 1. The number of aldehydes is 1. The molecule has 1 aromatic heterocycles. The van der Waals surface area contributed by atoms with Crippen molar-refractivity contribution >= 4 is 45.6 Å². The minimum absolute atomic E-state index is 0.00356. The number of hydrogen-bond acceptors (Lipinski definition) is 3. The van der Waals surface area contributed by atoms with Crippen LogP contribution in [0.3, 0.4) is 0 Å². The smallest absolute Gasteiger partial charge is 0.154 e. The van der Waals surface area contributed by atoms with E-state index in [9.17, 15) is 9.90 Å². The van der Waals surface area contributed by atoms with Gasteiger partial charge in [-0.1, -0.05) is 0 Å². The molecule has 1 unspecified atom stereocenters. The molecular formula is C8H6IN2O2P. The lowest BCUT2D eigenvalue weighted by Crippen LogP contribution is -1.81. The summed E-state index contributed by atoms with van der Waals surface area (Å²) < 4.78 is 1.75. The molecule has 14 heavy (non-hydrogen) atoms. The molecule has 0 aliphatic rings. The Morgan fingerprint density at radius 1 is 1.57 bits per heavy atom. The number of benzene rings is 1. The van der Waals surface area contributed by atoms with Gasteiger partial charge in [-0.05, 0) is 34.2 Å². The maximum Gasteiger partial charge on any atom is 0.154 e. The summed E-state index contributed by atoms with van der Waals surface area (Å²) in [7, 11) is 0. The second-order valence-corrected chi connectivity index (χ2v) is 4.78. The molecule has 2 aromatic rings. The summed E-state index contributed by atoms with van der Waals surface area (Å²) in [5.74, 6) is 0.00356. The van der Waals surface area contributed by atoms with Crippen LogP contribution < -0.4 is 0 Å². The molecule has 1 aromatic carbocycles. The molecule has 0 bridgehead atoms. The van der Waals surface area contributed by atoms with E-state index in [0.29, 0.717) is 23.6 Å². The number of aromatic hydroxyl groups is 1. The third-order valence-corrected chi connectivity index (χ3v) is 3.80. The monoisotopic (exact) mass is 320 g/mol. The fourth-order valence-corrected chi connectivity index (χ4v) is 2.34. The molecule has 1 N–H and O–H groups in total. The Balaban J connectivity index is 2.79. The summed E-state index contributed by atoms with van der Waals surface area (Å²) >= 11 is 2.20. The lowest BCUT2D eigenvalue weighted by atomic mass is 10.1. The summed E-state index contributed by atoms with van der Waals surface area (Å²) in [6.07, 6.45) is 2.91. The second kappa shape index (κ2) is 3.82. The van der Waals surface area contributed by atoms with E-state index in [1.165, 1.54) is 6.07 Å². The van der Waals surface area contributed by atoms with Gasteiger partial charge in [0.2, 0.25) is 0 Å². The van der Waals surface area contributed by atoms with Gasteiger partial charge in [-0.25, -0.2) is 4.45 Å². The number of aromatic nitrogens is 2. The van der Waals surface area contributed by atoms with E-state index < -0.39 is 0 Å². The van der Waals surface area contributed by atoms with Crippen LogP contribution in [0.15, 0.2) is 18.3 Å². The minimum Gasteiger partial charge on any atom is -0.507 e. The predicted molar refractivity (Wildman–Crippen MR) is 64.5 cm³/mol. The van der Waals surface area contributed by atoms with E-state index in [4.69, 9.17) is 0 Å². The third-order valence-electron chi connectivity index (χ3n) is 1.91. The van der Waals surface area contributed by atoms with Gasteiger partial charge < -0.3 is 5.11 Å². The quantitative estimate of drug-likeness (QED) is 0.525. The fourth-order valence-electron chi connectivity index (χ4n) is 1.27. The van der Waals surface area contributed by atoms with Crippen LogP contribution in [0.5, 0.6) is 5.75 Å². The maximum atomic E-state index is 10.7. The van der Waals surface area contributed by atoms with E-state index >= 15 is 0 Å². The Labute approximate surface area is 94.6 Å². The fraction of sp³-hybridized carbons (Fsp3) is 0. The Morgan fingerprint density at radius 3 is 3.00 bits per heavy atom. The molecule has 1 heterocycles. The Hall–Kier alpha value is -0.680. The van der Waals surface area contributed by atoms with Gasteiger partial charge in [-0.3, -0.25) is 4.79 Å². The first-order valence-corrected chi connectivity index (χ1v) is 7.85. The molecule has 72 valence electrons. The zero-order chi connectivity index (χ0) is 10.1. The molecule has 0 radical (unpaired) electrons. The van der Waals surface area contributed by atoms with Crippen LogP contribution in [0.1, 0.15) is 10.4 Å². The zero-order valence-corrected chi connectivity index (χ0v) is 10.1. The van der Waals surface area contributed by atoms with E-state index in [1.54, 1.807) is 16.7 Å². The van der Waals surface area contributed by atoms with E-state index in [1.807, 2.05) is 0 Å². The summed E-state index contributed by atoms with van der Waals surface area (Å²) in [5.41, 5.74) is 1.04. The molecule has 0 spiro atoms. The number of halogens is 1. The van der Waals surface area contributed by atoms with Gasteiger partial charge in [0, 0.05) is 11.6 Å². The van der Waals surface area contributed by atoms with Gasteiger partial charge >= 0.3 is 0 Å². The average molecular weight is 320 g/mol. The maximum absolute atomic E-state index is 10.7. The van der Waals surface area contributed by atoms with Crippen LogP contribution in [-0.4, -0.2) is 20.9 Å². The van der Waals surface area contributed by atoms with Crippen molar-refractivity contribution in [3.8, 4) is 5.75 Å². The van der Waals surface area contributed by atoms with Gasteiger partial charge in [0.1, 0.15) is 5.75 Å². The van der Waals surface area contributed by atoms with Crippen LogP contribution in [0.25, 0.3) is 10.9 Å². The summed E-state index contributed by atoms with van der Waals surface area (Å²) in [5, 5.41) is 14.4. The summed E-state index contributed by atoms with van der Waals surface area (Å²) in [6.45, 7) is 0. The Bertz CT molecular complexity index is 497. The molecular weight excluding hydrogens is 314 g/mol. The SMILES string of the molecule is O=Cc1c(O)ccc2nn(PI)cc12. The first-order chi connectivity index (χ1) is 6.76. The zero-order valence-electron chi connectivity index (χ0n) is 6.94. The van der Waals surface area contributed by atoms with Crippen molar-refractivity contribution in [1.29, 1.82) is 0 Å². The highest BCUT2D eigenvalue weighted by molar-refractivity contribution is 14.2. The molecule has 4 nitrogen and oxygen atoms in total. The number of nitrogens with zero attached hydrogens (tertiary/aromatic N) is 2. The number of hydrogen-bond donors (Lipinski definition) is 1. The van der Waals surface area contributed by atoms with Crippen LogP contribution in [-0.2, 0) is 0 Å². The van der Waals surface area contributed by atoms with E-state index in [2.05, 4.69) is 27.1 Å². The molecule has 0 saturated carbocycles. The molecule has 0 aliphatic carbocycles. The Morgan fingerprint density at radius 2 is 2.36 bits per heavy atom. The molecule has 0 fully saturated rings. The molecule has 6 heteroatoms. The largest absolute Gasteiger partial charge is 0.507 e. The van der Waals surface area contributed by atoms with Crippen molar-refractivity contribution in [3.05, 3.63) is 23.9 Å². The topological polar surface area (TPSA) is 55.1 Å². The van der Waals surface area contributed by atoms with Crippen LogP contribution in [0.2, 0.25) is 0 Å². The van der Waals surface area contributed by atoms with Crippen molar-refractivity contribution in [2.45, 2.75) is 0 Å². The van der Waals surface area contributed by atoms with Crippen molar-refractivity contribution in [1.82, 2.24) is 9.55 Å². The van der Waals surface area contributed by atoms with Crippen molar-refractivity contribution < 1.29 is 9.90 Å². The molecule has 0 saturated heterocycles. The van der Waals surface area contributed by atoms with E-state index in [-0.39, 0.29) is 5.75 Å². The highest BCUT2D eigenvalue weighted by Crippen LogP contribution is 2.29. The number of phenols is 1. The number of fused-ring (bicyclic) bond motifs is 1. The molecule has 1 atom stereocenters. The van der Waals surface area contributed by atoms with Crippen molar-refractivity contribution in [2.24, 2.45) is 0 Å². The van der Waals surface area contributed by atoms with Gasteiger partial charge in [0.15, 0.2) is 6.29 Å². The van der Waals surface area contributed by atoms with Crippen molar-refractivity contribution in [2.75, 3.05) is 0 Å². The summed E-state index contributed by atoms with van der Waals surface area (Å²) in [6, 6.07) is 3.19. The second-order valence-electron chi connectivity index (χ2n) is 2.71. The van der Waals surface area contributed by atoms with Gasteiger partial charge in [0.25, 0.3) is 0 Å². The highest BCUT2D eigenvalue weighted by Gasteiger charge is 2.08. The predicted octanol–water partition coefficient (Wildman–Crippen LogP) is 2.35. The van der Waals surface area contributed by atoms with Crippen LogP contribution >= 0.6 is 28.4 Å². The number of phenolic OH excluding ortho intramolecular Hbond substituents is 1. The molecule has 2 rings (SSSR count). The normalized spacial score (nSPS) is 11.5. The third kappa shape index (κ3) is 1.50. The van der Waals surface area contributed by atoms with Gasteiger partial charge in [-0.2, -0.15) is 5.10 Å². The average Bonchev–Trinajstić information content (AvgIpc) is 2.60. The van der Waals surface area contributed by atoms with Gasteiger partial charge in [0.05, 0.1) is 17.5 Å². The van der Waals surface area contributed by atoms with Gasteiger partial charge in [-0.15, -0.1) is 0 Å². The number of carbonyl (C=O) groups is 1. The van der Waals surface area contributed by atoms with Crippen molar-refractivity contribution in [3.63, 3.8) is 0 Å². The lowest BCUT2D eigenvalue weighted by Gasteiger charge is -1.95. The van der Waals surface area contributed by atoms with Crippen LogP contribution in [0.4, 0.5) is 0 Å².